The lowest BCUT2D eigenvalue weighted by Gasteiger charge is -2.07. The maximum atomic E-state index is 12.3. The van der Waals surface area contributed by atoms with Gasteiger partial charge in [0.25, 0.3) is 5.56 Å². The summed E-state index contributed by atoms with van der Waals surface area (Å²) in [6.07, 6.45) is 1.37. The third-order valence-corrected chi connectivity index (χ3v) is 4.61. The van der Waals surface area contributed by atoms with Gasteiger partial charge < -0.3 is 4.74 Å². The van der Waals surface area contributed by atoms with Crippen molar-refractivity contribution in [1.29, 1.82) is 0 Å². The molecule has 0 fully saturated rings. The van der Waals surface area contributed by atoms with Crippen molar-refractivity contribution in [2.24, 2.45) is 0 Å². The predicted octanol–water partition coefficient (Wildman–Crippen LogP) is 3.16. The lowest BCUT2D eigenvalue weighted by molar-refractivity contribution is -0.145. The third-order valence-electron chi connectivity index (χ3n) is 3.29. The van der Waals surface area contributed by atoms with Crippen LogP contribution < -0.4 is 5.56 Å². The molecule has 2 heterocycles. The largest absolute Gasteiger partial charge is 0.459 e. The zero-order valence-electron chi connectivity index (χ0n) is 12.3. The highest BCUT2D eigenvalue weighted by Crippen LogP contribution is 2.19. The molecule has 0 atom stereocenters. The van der Waals surface area contributed by atoms with Gasteiger partial charge in [-0.25, -0.2) is 4.98 Å². The minimum absolute atomic E-state index is 0.0699. The Kier molecular flexibility index (Phi) is 4.45. The molecule has 0 saturated carbocycles. The van der Waals surface area contributed by atoms with Crippen molar-refractivity contribution in [1.82, 2.24) is 9.55 Å². The number of thiophene rings is 1. The smallest absolute Gasteiger partial charge is 0.326 e. The third kappa shape index (κ3) is 3.43. The highest BCUT2D eigenvalue weighted by Gasteiger charge is 2.11. The molecule has 0 spiro atoms. The number of esters is 1. The fraction of sp³-hybridized carbons (Fsp3) is 0.188. The van der Waals surface area contributed by atoms with Gasteiger partial charge in [0.2, 0.25) is 0 Å². The lowest BCUT2D eigenvalue weighted by atomic mass is 10.2. The number of rotatable bonds is 4. The van der Waals surface area contributed by atoms with Crippen molar-refractivity contribution in [3.63, 3.8) is 0 Å². The van der Waals surface area contributed by atoms with E-state index in [0.29, 0.717) is 15.2 Å². The minimum Gasteiger partial charge on any atom is -0.459 e. The molecule has 2 aromatic heterocycles. The predicted molar refractivity (Wildman–Crippen MR) is 89.9 cm³/mol. The van der Waals surface area contributed by atoms with Gasteiger partial charge >= 0.3 is 5.97 Å². The fourth-order valence-corrected chi connectivity index (χ4v) is 3.18. The Morgan fingerprint density at radius 2 is 2.17 bits per heavy atom. The van der Waals surface area contributed by atoms with Crippen molar-refractivity contribution in [3.8, 4) is 0 Å². The molecule has 0 aliphatic carbocycles. The molecule has 0 radical (unpaired) electrons. The number of ether oxygens (including phenoxy) is 1. The van der Waals surface area contributed by atoms with Crippen LogP contribution in [0.3, 0.4) is 0 Å². The Labute approximate surface area is 141 Å². The average molecular weight is 349 g/mol. The van der Waals surface area contributed by atoms with Crippen LogP contribution in [0.5, 0.6) is 0 Å². The molecule has 1 aromatic carbocycles. The maximum absolute atomic E-state index is 12.3. The summed E-state index contributed by atoms with van der Waals surface area (Å²) in [6, 6.07) is 8.91. The van der Waals surface area contributed by atoms with Crippen LogP contribution >= 0.6 is 22.9 Å². The normalized spacial score (nSPS) is 10.9. The lowest BCUT2D eigenvalue weighted by Crippen LogP contribution is -2.25. The number of halogens is 1. The maximum Gasteiger partial charge on any atom is 0.326 e. The van der Waals surface area contributed by atoms with E-state index in [1.807, 2.05) is 13.0 Å². The van der Waals surface area contributed by atoms with E-state index < -0.39 is 5.97 Å². The van der Waals surface area contributed by atoms with Crippen LogP contribution in [0.2, 0.25) is 5.02 Å². The number of benzene rings is 1. The van der Waals surface area contributed by atoms with E-state index in [2.05, 4.69) is 4.98 Å². The molecule has 7 heteroatoms. The highest BCUT2D eigenvalue weighted by molar-refractivity contribution is 7.18. The summed E-state index contributed by atoms with van der Waals surface area (Å²) in [5, 5.41) is 1.06. The van der Waals surface area contributed by atoms with Gasteiger partial charge in [-0.1, -0.05) is 29.8 Å². The molecule has 23 heavy (non-hydrogen) atoms. The van der Waals surface area contributed by atoms with Gasteiger partial charge in [-0.3, -0.25) is 14.2 Å². The Balaban J connectivity index is 1.72. The second-order valence-electron chi connectivity index (χ2n) is 5.01. The van der Waals surface area contributed by atoms with Crippen LogP contribution in [0.4, 0.5) is 0 Å². The molecule has 3 aromatic rings. The summed E-state index contributed by atoms with van der Waals surface area (Å²) < 4.78 is 6.43. The molecular formula is C16H13ClN2O3S. The Hall–Kier alpha value is -2.18. The highest BCUT2D eigenvalue weighted by atomic mass is 35.5. The summed E-state index contributed by atoms with van der Waals surface area (Å²) in [4.78, 5) is 30.1. The molecule has 3 rings (SSSR count). The quantitative estimate of drug-likeness (QED) is 0.679. The van der Waals surface area contributed by atoms with Crippen LogP contribution in [0.15, 0.2) is 41.5 Å². The Morgan fingerprint density at radius 1 is 1.39 bits per heavy atom. The average Bonchev–Trinajstić information content (AvgIpc) is 2.91. The molecule has 0 aliphatic rings. The molecule has 118 valence electrons. The van der Waals surface area contributed by atoms with Crippen LogP contribution in [-0.2, 0) is 22.7 Å². The first-order valence-corrected chi connectivity index (χ1v) is 8.08. The van der Waals surface area contributed by atoms with Crippen LogP contribution in [0, 0.1) is 6.92 Å². The van der Waals surface area contributed by atoms with E-state index in [9.17, 15) is 9.59 Å². The van der Waals surface area contributed by atoms with E-state index >= 15 is 0 Å². The van der Waals surface area contributed by atoms with Gasteiger partial charge in [-0.05, 0) is 19.1 Å². The summed E-state index contributed by atoms with van der Waals surface area (Å²) >= 11 is 7.45. The topological polar surface area (TPSA) is 61.2 Å². The first-order valence-electron chi connectivity index (χ1n) is 6.89. The van der Waals surface area contributed by atoms with Crippen LogP contribution in [0.25, 0.3) is 10.2 Å². The van der Waals surface area contributed by atoms with Gasteiger partial charge in [0, 0.05) is 15.5 Å². The van der Waals surface area contributed by atoms with Gasteiger partial charge in [0.05, 0.1) is 11.7 Å². The summed E-state index contributed by atoms with van der Waals surface area (Å²) in [5.74, 6) is -0.514. The molecule has 5 nitrogen and oxygen atoms in total. The van der Waals surface area contributed by atoms with Crippen molar-refractivity contribution in [2.45, 2.75) is 20.1 Å². The Bertz CT molecular complexity index is 932. The van der Waals surface area contributed by atoms with Gasteiger partial charge in [-0.15, -0.1) is 11.3 Å². The summed E-state index contributed by atoms with van der Waals surface area (Å²) in [7, 11) is 0. The molecule has 0 aliphatic heterocycles. The standard InChI is InChI=1S/C16H13ClN2O3S/c1-10-6-12-15(23-10)18-9-19(16(12)21)7-14(20)22-8-11-4-2-3-5-13(11)17/h2-6,9H,7-8H2,1H3. The number of carbonyl (C=O) groups is 1. The molecular weight excluding hydrogens is 336 g/mol. The molecule has 0 saturated heterocycles. The number of aromatic nitrogens is 2. The number of hydrogen-bond donors (Lipinski definition) is 0. The van der Waals surface area contributed by atoms with E-state index in [1.165, 1.54) is 22.2 Å². The number of aryl methyl sites for hydroxylation is 1. The summed E-state index contributed by atoms with van der Waals surface area (Å²) in [5.41, 5.74) is 0.478. The van der Waals surface area contributed by atoms with Crippen LogP contribution in [-0.4, -0.2) is 15.5 Å². The van der Waals surface area contributed by atoms with E-state index in [0.717, 1.165) is 10.4 Å². The number of fused-ring (bicyclic) bond motifs is 1. The van der Waals surface area contributed by atoms with Crippen LogP contribution in [0.1, 0.15) is 10.4 Å². The Morgan fingerprint density at radius 3 is 2.96 bits per heavy atom. The van der Waals surface area contributed by atoms with Crippen molar-refractivity contribution in [2.75, 3.05) is 0 Å². The number of hydrogen-bond acceptors (Lipinski definition) is 5. The number of nitrogens with zero attached hydrogens (tertiary/aromatic N) is 2. The van der Waals surface area contributed by atoms with E-state index in [4.69, 9.17) is 16.3 Å². The molecule has 0 unspecified atom stereocenters. The second kappa shape index (κ2) is 6.52. The van der Waals surface area contributed by atoms with E-state index in [-0.39, 0.29) is 18.7 Å². The molecule has 0 amide bonds. The van der Waals surface area contributed by atoms with Gasteiger partial charge in [0.15, 0.2) is 0 Å². The van der Waals surface area contributed by atoms with Crippen molar-refractivity contribution < 1.29 is 9.53 Å². The van der Waals surface area contributed by atoms with E-state index in [1.54, 1.807) is 24.3 Å². The fourth-order valence-electron chi connectivity index (χ4n) is 2.15. The molecule has 0 N–H and O–H groups in total. The van der Waals surface area contributed by atoms with Gasteiger partial charge in [-0.2, -0.15) is 0 Å². The van der Waals surface area contributed by atoms with Crippen molar-refractivity contribution >= 4 is 39.1 Å². The summed E-state index contributed by atoms with van der Waals surface area (Å²) in [6.45, 7) is 1.80. The van der Waals surface area contributed by atoms with Crippen molar-refractivity contribution in [3.05, 3.63) is 62.5 Å². The second-order valence-corrected chi connectivity index (χ2v) is 6.65. The first kappa shape index (κ1) is 15.7. The number of carbonyl (C=O) groups excluding carboxylic acids is 1. The van der Waals surface area contributed by atoms with Gasteiger partial charge in [0.1, 0.15) is 18.0 Å². The first-order chi connectivity index (χ1) is 11.0. The minimum atomic E-state index is -0.514. The SMILES string of the molecule is Cc1cc2c(=O)n(CC(=O)OCc3ccccc3Cl)cnc2s1. The zero-order chi connectivity index (χ0) is 16.4. The zero-order valence-corrected chi connectivity index (χ0v) is 13.9. The monoisotopic (exact) mass is 348 g/mol. The molecule has 0 bridgehead atoms.